The van der Waals surface area contributed by atoms with Crippen LogP contribution in [0.2, 0.25) is 0 Å². The summed E-state index contributed by atoms with van der Waals surface area (Å²) < 4.78 is 56.5. The highest BCUT2D eigenvalue weighted by molar-refractivity contribution is 5.54. The SMILES string of the molecule is Cc1cnc(-c2cc(F)c(F)c(F)c2F)o1. The van der Waals surface area contributed by atoms with Crippen molar-refractivity contribution in [1.82, 2.24) is 4.98 Å². The average molecular weight is 231 g/mol. The van der Waals surface area contributed by atoms with Crippen LogP contribution in [0.4, 0.5) is 17.6 Å². The van der Waals surface area contributed by atoms with Crippen LogP contribution in [0, 0.1) is 30.2 Å². The fraction of sp³-hybridized carbons (Fsp3) is 0.100. The molecule has 2 aromatic rings. The molecule has 0 radical (unpaired) electrons. The Morgan fingerprint density at radius 1 is 1.06 bits per heavy atom. The normalized spacial score (nSPS) is 10.8. The number of aryl methyl sites for hydroxylation is 1. The van der Waals surface area contributed by atoms with Crippen molar-refractivity contribution >= 4 is 0 Å². The van der Waals surface area contributed by atoms with E-state index in [0.29, 0.717) is 11.8 Å². The van der Waals surface area contributed by atoms with Crippen LogP contribution in [-0.2, 0) is 0 Å². The third-order valence-electron chi connectivity index (χ3n) is 1.95. The minimum absolute atomic E-state index is 0.298. The molecule has 2 nitrogen and oxygen atoms in total. The summed E-state index contributed by atoms with van der Waals surface area (Å²) in [5.74, 6) is -6.71. The van der Waals surface area contributed by atoms with E-state index in [1.54, 1.807) is 0 Å². The molecule has 1 heterocycles. The Balaban J connectivity index is 2.66. The van der Waals surface area contributed by atoms with Crippen molar-refractivity contribution in [2.24, 2.45) is 0 Å². The molecule has 0 unspecified atom stereocenters. The van der Waals surface area contributed by atoms with Gasteiger partial charge in [0, 0.05) is 0 Å². The lowest BCUT2D eigenvalue weighted by Crippen LogP contribution is -1.98. The van der Waals surface area contributed by atoms with Crippen LogP contribution in [0.1, 0.15) is 5.76 Å². The summed E-state index contributed by atoms with van der Waals surface area (Å²) in [5.41, 5.74) is -0.551. The van der Waals surface area contributed by atoms with Crippen molar-refractivity contribution in [1.29, 1.82) is 0 Å². The minimum Gasteiger partial charge on any atom is -0.441 e. The maximum Gasteiger partial charge on any atom is 0.229 e. The number of halogens is 4. The summed E-state index contributed by atoms with van der Waals surface area (Å²) in [6.45, 7) is 1.53. The Bertz CT molecular complexity index is 550. The molecule has 6 heteroatoms. The molecule has 0 spiro atoms. The second kappa shape index (κ2) is 3.62. The molecule has 16 heavy (non-hydrogen) atoms. The number of hydrogen-bond donors (Lipinski definition) is 0. The van der Waals surface area contributed by atoms with E-state index in [0.717, 1.165) is 0 Å². The van der Waals surface area contributed by atoms with Crippen LogP contribution < -0.4 is 0 Å². The third-order valence-corrected chi connectivity index (χ3v) is 1.95. The van der Waals surface area contributed by atoms with Crippen molar-refractivity contribution in [3.05, 3.63) is 41.3 Å². The van der Waals surface area contributed by atoms with Gasteiger partial charge in [0.2, 0.25) is 5.89 Å². The van der Waals surface area contributed by atoms with E-state index < -0.39 is 28.8 Å². The largest absolute Gasteiger partial charge is 0.441 e. The van der Waals surface area contributed by atoms with Crippen LogP contribution in [-0.4, -0.2) is 4.98 Å². The predicted molar refractivity (Wildman–Crippen MR) is 46.5 cm³/mol. The summed E-state index contributed by atoms with van der Waals surface area (Å²) in [6, 6.07) is 0.499. The zero-order chi connectivity index (χ0) is 11.9. The second-order valence-corrected chi connectivity index (χ2v) is 3.12. The fourth-order valence-electron chi connectivity index (χ4n) is 1.21. The first-order valence-electron chi connectivity index (χ1n) is 4.26. The quantitative estimate of drug-likeness (QED) is 0.428. The molecule has 0 atom stereocenters. The van der Waals surface area contributed by atoms with Gasteiger partial charge in [-0.25, -0.2) is 22.5 Å². The number of rotatable bonds is 1. The summed E-state index contributed by atoms with van der Waals surface area (Å²) in [4.78, 5) is 3.60. The standard InChI is InChI=1S/C10H5F4NO/c1-4-3-15-10(16-4)5-2-6(11)8(13)9(14)7(5)12/h2-3H,1H3. The summed E-state index contributed by atoms with van der Waals surface area (Å²) in [5, 5.41) is 0. The lowest BCUT2D eigenvalue weighted by molar-refractivity contribution is 0.408. The zero-order valence-corrected chi connectivity index (χ0v) is 8.02. The van der Waals surface area contributed by atoms with E-state index in [4.69, 9.17) is 4.42 Å². The van der Waals surface area contributed by atoms with Crippen molar-refractivity contribution in [2.75, 3.05) is 0 Å². The molecule has 0 fully saturated rings. The summed E-state index contributed by atoms with van der Waals surface area (Å²) >= 11 is 0. The van der Waals surface area contributed by atoms with Gasteiger partial charge < -0.3 is 4.42 Å². The van der Waals surface area contributed by atoms with Crippen molar-refractivity contribution in [2.45, 2.75) is 6.92 Å². The molecule has 2 rings (SSSR count). The van der Waals surface area contributed by atoms with E-state index in [1.165, 1.54) is 13.1 Å². The van der Waals surface area contributed by atoms with Crippen LogP contribution in [0.25, 0.3) is 11.5 Å². The van der Waals surface area contributed by atoms with E-state index >= 15 is 0 Å². The second-order valence-electron chi connectivity index (χ2n) is 3.12. The molecule has 0 aliphatic rings. The molecule has 84 valence electrons. The van der Waals surface area contributed by atoms with Crippen molar-refractivity contribution < 1.29 is 22.0 Å². The van der Waals surface area contributed by atoms with Gasteiger partial charge in [-0.3, -0.25) is 0 Å². The van der Waals surface area contributed by atoms with Gasteiger partial charge in [0.05, 0.1) is 11.8 Å². The molecule has 0 saturated heterocycles. The monoisotopic (exact) mass is 231 g/mol. The van der Waals surface area contributed by atoms with Gasteiger partial charge in [-0.05, 0) is 13.0 Å². The maximum atomic E-state index is 13.3. The molecule has 0 aliphatic carbocycles. The van der Waals surface area contributed by atoms with Gasteiger partial charge in [-0.15, -0.1) is 0 Å². The highest BCUT2D eigenvalue weighted by atomic mass is 19.2. The molecular formula is C10H5F4NO. The van der Waals surface area contributed by atoms with Gasteiger partial charge in [-0.1, -0.05) is 0 Å². The molecule has 1 aromatic heterocycles. The topological polar surface area (TPSA) is 26.0 Å². The van der Waals surface area contributed by atoms with Gasteiger partial charge in [0.15, 0.2) is 23.3 Å². The Labute approximate surface area is 87.5 Å². The summed E-state index contributed by atoms with van der Waals surface area (Å²) in [6.07, 6.45) is 1.26. The van der Waals surface area contributed by atoms with E-state index in [-0.39, 0.29) is 5.89 Å². The average Bonchev–Trinajstić information content (AvgIpc) is 2.67. The number of oxazole rings is 1. The van der Waals surface area contributed by atoms with E-state index in [2.05, 4.69) is 4.98 Å². The molecule has 0 bridgehead atoms. The zero-order valence-electron chi connectivity index (χ0n) is 8.02. The Hall–Kier alpha value is -1.85. The number of hydrogen-bond acceptors (Lipinski definition) is 2. The van der Waals surface area contributed by atoms with E-state index in [1.807, 2.05) is 0 Å². The fourth-order valence-corrected chi connectivity index (χ4v) is 1.21. The van der Waals surface area contributed by atoms with Crippen LogP contribution in [0.3, 0.4) is 0 Å². The third kappa shape index (κ3) is 1.56. The van der Waals surface area contributed by atoms with E-state index in [9.17, 15) is 17.6 Å². The Kier molecular flexibility index (Phi) is 2.41. The minimum atomic E-state index is -1.88. The highest BCUT2D eigenvalue weighted by Crippen LogP contribution is 2.27. The van der Waals surface area contributed by atoms with Gasteiger partial charge in [0.1, 0.15) is 5.76 Å². The van der Waals surface area contributed by atoms with Crippen molar-refractivity contribution in [3.8, 4) is 11.5 Å². The molecule has 0 saturated carbocycles. The number of benzene rings is 1. The van der Waals surface area contributed by atoms with Crippen LogP contribution in [0.15, 0.2) is 16.7 Å². The predicted octanol–water partition coefficient (Wildman–Crippen LogP) is 3.21. The first kappa shape index (κ1) is 10.7. The maximum absolute atomic E-state index is 13.3. The Morgan fingerprint density at radius 2 is 1.75 bits per heavy atom. The van der Waals surface area contributed by atoms with Gasteiger partial charge in [0.25, 0.3) is 0 Å². The van der Waals surface area contributed by atoms with Crippen LogP contribution >= 0.6 is 0 Å². The van der Waals surface area contributed by atoms with Crippen LogP contribution in [0.5, 0.6) is 0 Å². The number of aromatic nitrogens is 1. The van der Waals surface area contributed by atoms with Gasteiger partial charge >= 0.3 is 0 Å². The summed E-state index contributed by atoms with van der Waals surface area (Å²) in [7, 11) is 0. The first-order valence-corrected chi connectivity index (χ1v) is 4.26. The first-order chi connectivity index (χ1) is 7.50. The number of nitrogens with zero attached hydrogens (tertiary/aromatic N) is 1. The smallest absolute Gasteiger partial charge is 0.229 e. The molecule has 0 N–H and O–H groups in total. The van der Waals surface area contributed by atoms with Crippen molar-refractivity contribution in [3.63, 3.8) is 0 Å². The lowest BCUT2D eigenvalue weighted by Gasteiger charge is -2.01. The molecule has 0 amide bonds. The molecule has 1 aromatic carbocycles. The molecular weight excluding hydrogens is 226 g/mol. The molecule has 0 aliphatic heterocycles. The lowest BCUT2D eigenvalue weighted by atomic mass is 10.2. The van der Waals surface area contributed by atoms with Gasteiger partial charge in [-0.2, -0.15) is 0 Å². The Morgan fingerprint density at radius 3 is 2.31 bits per heavy atom. The highest BCUT2D eigenvalue weighted by Gasteiger charge is 2.22.